The number of anilines is 1. The molecule has 0 aromatic heterocycles. The molecular weight excluding hydrogens is 244 g/mol. The molecule has 1 aliphatic heterocycles. The van der Waals surface area contributed by atoms with Crippen LogP contribution in [0.4, 0.5) is 5.69 Å². The summed E-state index contributed by atoms with van der Waals surface area (Å²) in [5.74, 6) is -0.154. The average Bonchev–Trinajstić information content (AvgIpc) is 2.46. The molecule has 5 heteroatoms. The van der Waals surface area contributed by atoms with Gasteiger partial charge in [0.25, 0.3) is 0 Å². The predicted molar refractivity (Wildman–Crippen MR) is 73.0 cm³/mol. The van der Waals surface area contributed by atoms with E-state index >= 15 is 0 Å². The van der Waals surface area contributed by atoms with Crippen molar-refractivity contribution in [3.8, 4) is 0 Å². The molecular formula is C14H20N2O3. The smallest absolute Gasteiger partial charge is 0.225 e. The van der Waals surface area contributed by atoms with Crippen LogP contribution in [-0.2, 0) is 16.0 Å². The molecule has 2 rings (SSSR count). The van der Waals surface area contributed by atoms with E-state index in [9.17, 15) is 4.79 Å². The monoisotopic (exact) mass is 264 g/mol. The number of para-hydroxylation sites is 1. The summed E-state index contributed by atoms with van der Waals surface area (Å²) in [7, 11) is 1.55. The highest BCUT2D eigenvalue weighted by molar-refractivity contribution is 5.81. The maximum Gasteiger partial charge on any atom is 0.225 e. The number of benzene rings is 1. The molecule has 2 unspecified atom stereocenters. The Morgan fingerprint density at radius 1 is 1.58 bits per heavy atom. The third-order valence-electron chi connectivity index (χ3n) is 3.33. The van der Waals surface area contributed by atoms with Crippen LogP contribution in [0.25, 0.3) is 0 Å². The third-order valence-corrected chi connectivity index (χ3v) is 3.33. The van der Waals surface area contributed by atoms with Gasteiger partial charge in [-0.05, 0) is 18.1 Å². The molecule has 1 aromatic rings. The molecule has 0 aliphatic carbocycles. The SMILES string of the molecule is COCC(CO)NC(=O)C1CNc2ccccc2C1. The number of fused-ring (bicyclic) bond motifs is 1. The lowest BCUT2D eigenvalue weighted by atomic mass is 9.93. The van der Waals surface area contributed by atoms with Crippen molar-refractivity contribution in [1.82, 2.24) is 5.32 Å². The number of carbonyl (C=O) groups is 1. The van der Waals surface area contributed by atoms with Gasteiger partial charge in [-0.3, -0.25) is 4.79 Å². The lowest BCUT2D eigenvalue weighted by molar-refractivity contribution is -0.126. The number of hydrogen-bond acceptors (Lipinski definition) is 4. The molecule has 104 valence electrons. The van der Waals surface area contributed by atoms with Crippen LogP contribution in [0.15, 0.2) is 24.3 Å². The fourth-order valence-corrected chi connectivity index (χ4v) is 2.29. The van der Waals surface area contributed by atoms with Gasteiger partial charge in [0.2, 0.25) is 5.91 Å². The van der Waals surface area contributed by atoms with Crippen molar-refractivity contribution in [1.29, 1.82) is 0 Å². The molecule has 5 nitrogen and oxygen atoms in total. The number of amides is 1. The summed E-state index contributed by atoms with van der Waals surface area (Å²) >= 11 is 0. The number of methoxy groups -OCH3 is 1. The van der Waals surface area contributed by atoms with Gasteiger partial charge in [-0.1, -0.05) is 18.2 Å². The van der Waals surface area contributed by atoms with E-state index in [4.69, 9.17) is 9.84 Å². The number of carbonyl (C=O) groups excluding carboxylic acids is 1. The fraction of sp³-hybridized carbons (Fsp3) is 0.500. The molecule has 0 saturated heterocycles. The second-order valence-corrected chi connectivity index (χ2v) is 4.78. The molecule has 3 N–H and O–H groups in total. The van der Waals surface area contributed by atoms with Gasteiger partial charge in [-0.15, -0.1) is 0 Å². The first kappa shape index (κ1) is 13.8. The summed E-state index contributed by atoms with van der Waals surface area (Å²) in [6, 6.07) is 7.66. The number of hydrogen-bond donors (Lipinski definition) is 3. The van der Waals surface area contributed by atoms with E-state index in [1.807, 2.05) is 24.3 Å². The summed E-state index contributed by atoms with van der Waals surface area (Å²) in [5.41, 5.74) is 2.25. The highest BCUT2D eigenvalue weighted by Crippen LogP contribution is 2.24. The molecule has 19 heavy (non-hydrogen) atoms. The fourth-order valence-electron chi connectivity index (χ4n) is 2.29. The van der Waals surface area contributed by atoms with Crippen LogP contribution in [0.1, 0.15) is 5.56 Å². The van der Waals surface area contributed by atoms with Crippen molar-refractivity contribution < 1.29 is 14.6 Å². The Hall–Kier alpha value is -1.59. The molecule has 1 heterocycles. The largest absolute Gasteiger partial charge is 0.394 e. The van der Waals surface area contributed by atoms with Crippen molar-refractivity contribution in [2.45, 2.75) is 12.5 Å². The Labute approximate surface area is 113 Å². The molecule has 1 aromatic carbocycles. The lowest BCUT2D eigenvalue weighted by Crippen LogP contribution is -2.46. The van der Waals surface area contributed by atoms with Gasteiger partial charge in [-0.25, -0.2) is 0 Å². The maximum atomic E-state index is 12.1. The van der Waals surface area contributed by atoms with Crippen molar-refractivity contribution in [3.63, 3.8) is 0 Å². The minimum Gasteiger partial charge on any atom is -0.394 e. The van der Waals surface area contributed by atoms with E-state index < -0.39 is 0 Å². The summed E-state index contributed by atoms with van der Waals surface area (Å²) in [4.78, 5) is 12.1. The van der Waals surface area contributed by atoms with Crippen molar-refractivity contribution in [2.75, 3.05) is 32.2 Å². The van der Waals surface area contributed by atoms with Gasteiger partial charge in [-0.2, -0.15) is 0 Å². The van der Waals surface area contributed by atoms with Gasteiger partial charge in [0.1, 0.15) is 0 Å². The minimum absolute atomic E-state index is 0.0434. The Bertz CT molecular complexity index is 436. The second kappa shape index (κ2) is 6.54. The molecule has 1 amide bonds. The summed E-state index contributed by atoms with van der Waals surface area (Å²) in [5, 5.41) is 15.2. The molecule has 0 bridgehead atoms. The van der Waals surface area contributed by atoms with E-state index in [0.29, 0.717) is 13.2 Å². The first-order valence-corrected chi connectivity index (χ1v) is 6.46. The van der Waals surface area contributed by atoms with Gasteiger partial charge >= 0.3 is 0 Å². The predicted octanol–water partition coefficient (Wildman–Crippen LogP) is 0.394. The third kappa shape index (κ3) is 3.45. The highest BCUT2D eigenvalue weighted by atomic mass is 16.5. The van der Waals surface area contributed by atoms with Gasteiger partial charge < -0.3 is 20.5 Å². The van der Waals surface area contributed by atoms with Crippen molar-refractivity contribution in [3.05, 3.63) is 29.8 Å². The highest BCUT2D eigenvalue weighted by Gasteiger charge is 2.25. The quantitative estimate of drug-likeness (QED) is 0.720. The van der Waals surface area contributed by atoms with Gasteiger partial charge in [0.05, 0.1) is 25.2 Å². The number of rotatable bonds is 5. The van der Waals surface area contributed by atoms with E-state index in [1.165, 1.54) is 0 Å². The Morgan fingerprint density at radius 2 is 2.37 bits per heavy atom. The minimum atomic E-state index is -0.338. The normalized spacial score (nSPS) is 19.2. The number of aliphatic hydroxyl groups excluding tert-OH is 1. The van der Waals surface area contributed by atoms with Crippen LogP contribution < -0.4 is 10.6 Å². The zero-order valence-electron chi connectivity index (χ0n) is 11.1. The van der Waals surface area contributed by atoms with Crippen LogP contribution >= 0.6 is 0 Å². The molecule has 0 radical (unpaired) electrons. The second-order valence-electron chi connectivity index (χ2n) is 4.78. The number of nitrogens with one attached hydrogen (secondary N) is 2. The Morgan fingerprint density at radius 3 is 3.11 bits per heavy atom. The average molecular weight is 264 g/mol. The van der Waals surface area contributed by atoms with Gasteiger partial charge in [0.15, 0.2) is 0 Å². The zero-order chi connectivity index (χ0) is 13.7. The summed E-state index contributed by atoms with van der Waals surface area (Å²) in [6.07, 6.45) is 0.722. The van der Waals surface area contributed by atoms with E-state index in [2.05, 4.69) is 10.6 Å². The van der Waals surface area contributed by atoms with Crippen LogP contribution in [0.2, 0.25) is 0 Å². The van der Waals surface area contributed by atoms with Crippen LogP contribution in [-0.4, -0.2) is 43.9 Å². The van der Waals surface area contributed by atoms with Crippen LogP contribution in [0.3, 0.4) is 0 Å². The topological polar surface area (TPSA) is 70.6 Å². The van der Waals surface area contributed by atoms with Crippen LogP contribution in [0, 0.1) is 5.92 Å². The maximum absolute atomic E-state index is 12.1. The van der Waals surface area contributed by atoms with Crippen molar-refractivity contribution >= 4 is 11.6 Å². The first-order chi connectivity index (χ1) is 9.24. The van der Waals surface area contributed by atoms with E-state index in [1.54, 1.807) is 7.11 Å². The molecule has 0 spiro atoms. The number of ether oxygens (including phenoxy) is 1. The molecule has 2 atom stereocenters. The summed E-state index contributed by atoms with van der Waals surface area (Å²) < 4.78 is 4.95. The first-order valence-electron chi connectivity index (χ1n) is 6.46. The number of aliphatic hydroxyl groups is 1. The lowest BCUT2D eigenvalue weighted by Gasteiger charge is -2.27. The zero-order valence-corrected chi connectivity index (χ0v) is 11.1. The van der Waals surface area contributed by atoms with E-state index in [-0.39, 0.29) is 24.5 Å². The van der Waals surface area contributed by atoms with Crippen LogP contribution in [0.5, 0.6) is 0 Å². The van der Waals surface area contributed by atoms with Gasteiger partial charge in [0, 0.05) is 19.3 Å². The van der Waals surface area contributed by atoms with E-state index in [0.717, 1.165) is 17.7 Å². The summed E-state index contributed by atoms with van der Waals surface area (Å²) in [6.45, 7) is 0.823. The molecule has 1 aliphatic rings. The Kier molecular flexibility index (Phi) is 4.76. The van der Waals surface area contributed by atoms with Crippen molar-refractivity contribution in [2.24, 2.45) is 5.92 Å². The molecule has 0 saturated carbocycles. The Balaban J connectivity index is 1.95. The standard InChI is InChI=1S/C14H20N2O3/c1-19-9-12(8-17)16-14(18)11-6-10-4-2-3-5-13(10)15-7-11/h2-5,11-12,15,17H,6-9H2,1H3,(H,16,18). The molecule has 0 fully saturated rings.